The van der Waals surface area contributed by atoms with Crippen LogP contribution in [0.4, 0.5) is 0 Å². The summed E-state index contributed by atoms with van der Waals surface area (Å²) < 4.78 is 10.6. The van der Waals surface area contributed by atoms with E-state index in [9.17, 15) is 4.79 Å². The van der Waals surface area contributed by atoms with Crippen LogP contribution < -0.4 is 20.5 Å². The summed E-state index contributed by atoms with van der Waals surface area (Å²) in [6.45, 7) is 2.70. The number of benzene rings is 2. The highest BCUT2D eigenvalue weighted by Crippen LogP contribution is 2.29. The standard InChI is InChI=1S/C18H22N2O3/c1-12(14-7-8-16(22-2)17(10-14)23-3)20-11-13-5-4-6-15(9-13)18(19)21/h4-10,12,20H,11H2,1-3H3,(H2,19,21). The number of nitrogens with two attached hydrogens (primary N) is 1. The van der Waals surface area contributed by atoms with Gasteiger partial charge in [-0.3, -0.25) is 4.79 Å². The highest BCUT2D eigenvalue weighted by molar-refractivity contribution is 5.92. The quantitative estimate of drug-likeness (QED) is 0.824. The molecule has 3 N–H and O–H groups in total. The molecule has 0 radical (unpaired) electrons. The highest BCUT2D eigenvalue weighted by Gasteiger charge is 2.10. The SMILES string of the molecule is COc1ccc(C(C)NCc2cccc(C(N)=O)c2)cc1OC. The number of carbonyl (C=O) groups is 1. The van der Waals surface area contributed by atoms with E-state index < -0.39 is 5.91 Å². The minimum Gasteiger partial charge on any atom is -0.493 e. The van der Waals surface area contributed by atoms with E-state index in [0.29, 0.717) is 23.6 Å². The maximum absolute atomic E-state index is 11.2. The van der Waals surface area contributed by atoms with Crippen LogP contribution in [0.15, 0.2) is 42.5 Å². The number of carbonyl (C=O) groups excluding carboxylic acids is 1. The smallest absolute Gasteiger partial charge is 0.248 e. The Morgan fingerprint density at radius 1 is 1.13 bits per heavy atom. The molecular weight excluding hydrogens is 292 g/mol. The fraction of sp³-hybridized carbons (Fsp3) is 0.278. The normalized spacial score (nSPS) is 11.8. The van der Waals surface area contributed by atoms with Crippen molar-refractivity contribution < 1.29 is 14.3 Å². The van der Waals surface area contributed by atoms with Gasteiger partial charge >= 0.3 is 0 Å². The van der Waals surface area contributed by atoms with Gasteiger partial charge in [-0.1, -0.05) is 18.2 Å². The fourth-order valence-corrected chi connectivity index (χ4v) is 2.35. The van der Waals surface area contributed by atoms with Gasteiger partial charge in [0.1, 0.15) is 0 Å². The van der Waals surface area contributed by atoms with Crippen LogP contribution in [0.1, 0.15) is 34.5 Å². The number of nitrogens with one attached hydrogen (secondary N) is 1. The van der Waals surface area contributed by atoms with E-state index in [1.165, 1.54) is 0 Å². The van der Waals surface area contributed by atoms with Crippen LogP contribution in [-0.4, -0.2) is 20.1 Å². The van der Waals surface area contributed by atoms with Gasteiger partial charge in [0.2, 0.25) is 5.91 Å². The molecule has 0 saturated heterocycles. The van der Waals surface area contributed by atoms with Crippen molar-refractivity contribution >= 4 is 5.91 Å². The van der Waals surface area contributed by atoms with Gasteiger partial charge in [0, 0.05) is 18.2 Å². The van der Waals surface area contributed by atoms with Gasteiger partial charge in [0.15, 0.2) is 11.5 Å². The molecule has 0 saturated carbocycles. The first-order chi connectivity index (χ1) is 11.0. The maximum atomic E-state index is 11.2. The molecule has 0 aromatic heterocycles. The van der Waals surface area contributed by atoms with Gasteiger partial charge in [-0.05, 0) is 42.3 Å². The Morgan fingerprint density at radius 3 is 2.52 bits per heavy atom. The number of ether oxygens (including phenoxy) is 2. The molecule has 1 unspecified atom stereocenters. The summed E-state index contributed by atoms with van der Waals surface area (Å²) in [5.74, 6) is 0.992. The molecule has 122 valence electrons. The monoisotopic (exact) mass is 314 g/mol. The van der Waals surface area contributed by atoms with Gasteiger partial charge in [-0.2, -0.15) is 0 Å². The van der Waals surface area contributed by atoms with Crippen molar-refractivity contribution in [3.05, 3.63) is 59.2 Å². The van der Waals surface area contributed by atoms with E-state index in [4.69, 9.17) is 15.2 Å². The Labute approximate surface area is 136 Å². The lowest BCUT2D eigenvalue weighted by Crippen LogP contribution is -2.19. The summed E-state index contributed by atoms with van der Waals surface area (Å²) in [5, 5.41) is 3.42. The Bertz CT molecular complexity index is 686. The number of amides is 1. The van der Waals surface area contributed by atoms with Crippen molar-refractivity contribution in [2.24, 2.45) is 5.73 Å². The van der Waals surface area contributed by atoms with Crippen LogP contribution in [0.3, 0.4) is 0 Å². The van der Waals surface area contributed by atoms with Crippen molar-refractivity contribution in [2.75, 3.05) is 14.2 Å². The molecule has 0 aliphatic rings. The molecule has 0 fully saturated rings. The van der Waals surface area contributed by atoms with Crippen LogP contribution in [0, 0.1) is 0 Å². The van der Waals surface area contributed by atoms with Gasteiger partial charge in [0.25, 0.3) is 0 Å². The molecule has 2 aromatic rings. The van der Waals surface area contributed by atoms with E-state index in [0.717, 1.165) is 11.1 Å². The lowest BCUT2D eigenvalue weighted by atomic mass is 10.1. The van der Waals surface area contributed by atoms with Crippen LogP contribution in [-0.2, 0) is 6.54 Å². The molecule has 1 amide bonds. The third kappa shape index (κ3) is 4.23. The number of methoxy groups -OCH3 is 2. The van der Waals surface area contributed by atoms with Crippen molar-refractivity contribution in [1.29, 1.82) is 0 Å². The van der Waals surface area contributed by atoms with Crippen LogP contribution in [0.2, 0.25) is 0 Å². The summed E-state index contributed by atoms with van der Waals surface area (Å²) >= 11 is 0. The second kappa shape index (κ2) is 7.65. The Hall–Kier alpha value is -2.53. The van der Waals surface area contributed by atoms with E-state index in [1.807, 2.05) is 30.3 Å². The predicted molar refractivity (Wildman–Crippen MR) is 89.8 cm³/mol. The van der Waals surface area contributed by atoms with Crippen molar-refractivity contribution in [1.82, 2.24) is 5.32 Å². The van der Waals surface area contributed by atoms with Gasteiger partial charge in [0.05, 0.1) is 14.2 Å². The first kappa shape index (κ1) is 16.8. The number of hydrogen-bond acceptors (Lipinski definition) is 4. The summed E-state index contributed by atoms with van der Waals surface area (Å²) in [7, 11) is 3.24. The molecule has 5 nitrogen and oxygen atoms in total. The second-order valence-corrected chi connectivity index (χ2v) is 5.28. The van der Waals surface area contributed by atoms with Crippen LogP contribution in [0.25, 0.3) is 0 Å². The zero-order valence-corrected chi connectivity index (χ0v) is 13.6. The zero-order chi connectivity index (χ0) is 16.8. The largest absolute Gasteiger partial charge is 0.493 e. The minimum absolute atomic E-state index is 0.118. The fourth-order valence-electron chi connectivity index (χ4n) is 2.35. The molecule has 0 bridgehead atoms. The molecule has 2 rings (SSSR count). The number of hydrogen-bond donors (Lipinski definition) is 2. The molecule has 0 aliphatic heterocycles. The molecule has 0 spiro atoms. The van der Waals surface area contributed by atoms with E-state index >= 15 is 0 Å². The van der Waals surface area contributed by atoms with E-state index in [1.54, 1.807) is 26.4 Å². The third-order valence-electron chi connectivity index (χ3n) is 3.73. The van der Waals surface area contributed by atoms with Gasteiger partial charge < -0.3 is 20.5 Å². The average molecular weight is 314 g/mol. The summed E-state index contributed by atoms with van der Waals surface area (Å²) in [6, 6.07) is 13.3. The third-order valence-corrected chi connectivity index (χ3v) is 3.73. The van der Waals surface area contributed by atoms with Crippen molar-refractivity contribution in [3.8, 4) is 11.5 Å². The first-order valence-electron chi connectivity index (χ1n) is 7.39. The zero-order valence-electron chi connectivity index (χ0n) is 13.6. The van der Waals surface area contributed by atoms with Crippen LogP contribution in [0.5, 0.6) is 11.5 Å². The highest BCUT2D eigenvalue weighted by atomic mass is 16.5. The summed E-state index contributed by atoms with van der Waals surface area (Å²) in [4.78, 5) is 11.2. The minimum atomic E-state index is -0.417. The molecule has 0 heterocycles. The lowest BCUT2D eigenvalue weighted by molar-refractivity contribution is 0.1000. The Kier molecular flexibility index (Phi) is 5.60. The molecule has 23 heavy (non-hydrogen) atoms. The molecular formula is C18H22N2O3. The van der Waals surface area contributed by atoms with Crippen molar-refractivity contribution in [3.63, 3.8) is 0 Å². The molecule has 1 atom stereocenters. The van der Waals surface area contributed by atoms with Gasteiger partial charge in [-0.25, -0.2) is 0 Å². The first-order valence-corrected chi connectivity index (χ1v) is 7.39. The predicted octanol–water partition coefficient (Wildman–Crippen LogP) is 2.65. The Morgan fingerprint density at radius 2 is 1.87 bits per heavy atom. The average Bonchev–Trinajstić information content (AvgIpc) is 2.59. The van der Waals surface area contributed by atoms with Crippen molar-refractivity contribution in [2.45, 2.75) is 19.5 Å². The second-order valence-electron chi connectivity index (χ2n) is 5.28. The summed E-state index contributed by atoms with van der Waals surface area (Å²) in [6.07, 6.45) is 0. The number of rotatable bonds is 7. The lowest BCUT2D eigenvalue weighted by Gasteiger charge is -2.17. The molecule has 0 aliphatic carbocycles. The molecule has 5 heteroatoms. The topological polar surface area (TPSA) is 73.6 Å². The van der Waals surface area contributed by atoms with E-state index in [2.05, 4.69) is 12.2 Å². The summed E-state index contributed by atoms with van der Waals surface area (Å²) in [5.41, 5.74) is 7.92. The number of primary amides is 1. The molecule has 2 aromatic carbocycles. The maximum Gasteiger partial charge on any atom is 0.248 e. The Balaban J connectivity index is 2.06. The van der Waals surface area contributed by atoms with Crippen LogP contribution >= 0.6 is 0 Å². The van der Waals surface area contributed by atoms with E-state index in [-0.39, 0.29) is 6.04 Å². The van der Waals surface area contributed by atoms with Gasteiger partial charge in [-0.15, -0.1) is 0 Å².